The number of hydrogen-bond donors (Lipinski definition) is 4. The number of pyridine rings is 1. The summed E-state index contributed by atoms with van der Waals surface area (Å²) in [5.41, 5.74) is 2.61. The molecule has 0 fully saturated rings. The molecule has 0 spiro atoms. The van der Waals surface area contributed by atoms with Crippen LogP contribution < -0.4 is 20.3 Å². The van der Waals surface area contributed by atoms with Crippen LogP contribution in [0, 0.1) is 0 Å². The molecular formula is C22H25N3O6. The number of nitrogens with zero attached hydrogens (tertiary/aromatic N) is 1. The van der Waals surface area contributed by atoms with Crippen molar-refractivity contribution >= 4 is 17.1 Å². The second-order valence-electron chi connectivity index (χ2n) is 8.66. The highest BCUT2D eigenvalue weighted by atomic mass is 16.7. The number of H-pyrrole nitrogens is 1. The summed E-state index contributed by atoms with van der Waals surface area (Å²) in [5.74, 6) is -0.545. The summed E-state index contributed by atoms with van der Waals surface area (Å²) in [4.78, 5) is 26.0. The van der Waals surface area contributed by atoms with E-state index in [9.17, 15) is 14.7 Å². The van der Waals surface area contributed by atoms with Gasteiger partial charge in [-0.3, -0.25) is 4.79 Å². The van der Waals surface area contributed by atoms with E-state index in [2.05, 4.69) is 46.4 Å². The minimum absolute atomic E-state index is 0.0254. The molecule has 0 aliphatic carbocycles. The molecule has 2 aromatic heterocycles. The van der Waals surface area contributed by atoms with Gasteiger partial charge < -0.3 is 34.6 Å². The molecule has 9 heteroatoms. The molecule has 31 heavy (non-hydrogen) atoms. The Morgan fingerprint density at radius 2 is 2.06 bits per heavy atom. The molecule has 0 unspecified atom stereocenters. The molecule has 0 bridgehead atoms. The summed E-state index contributed by atoms with van der Waals surface area (Å²) in [6, 6.07) is 5.89. The predicted molar refractivity (Wildman–Crippen MR) is 115 cm³/mol. The Labute approximate surface area is 178 Å². The van der Waals surface area contributed by atoms with Crippen molar-refractivity contribution in [2.45, 2.75) is 39.3 Å². The van der Waals surface area contributed by atoms with E-state index in [-0.39, 0.29) is 18.6 Å². The fraction of sp³-hybridized carbons (Fsp3) is 0.364. The van der Waals surface area contributed by atoms with E-state index in [1.165, 1.54) is 0 Å². The summed E-state index contributed by atoms with van der Waals surface area (Å²) >= 11 is 0. The van der Waals surface area contributed by atoms with Crippen molar-refractivity contribution < 1.29 is 24.5 Å². The monoisotopic (exact) mass is 427 g/mol. The maximum Gasteiger partial charge on any atom is 0.511 e. The smallest absolute Gasteiger partial charge is 0.504 e. The first kappa shape index (κ1) is 20.8. The molecule has 1 aromatic carbocycles. The molecule has 0 amide bonds. The van der Waals surface area contributed by atoms with Crippen LogP contribution in [0.25, 0.3) is 22.2 Å². The van der Waals surface area contributed by atoms with Crippen LogP contribution >= 0.6 is 0 Å². The molecule has 0 saturated carbocycles. The van der Waals surface area contributed by atoms with E-state index in [1.807, 2.05) is 19.2 Å². The summed E-state index contributed by atoms with van der Waals surface area (Å²) in [6.07, 6.45) is -1.40. The average molecular weight is 427 g/mol. The third-order valence-corrected chi connectivity index (χ3v) is 5.36. The van der Waals surface area contributed by atoms with Gasteiger partial charge >= 0.3 is 6.16 Å². The zero-order chi connectivity index (χ0) is 22.5. The zero-order valence-corrected chi connectivity index (χ0v) is 17.8. The van der Waals surface area contributed by atoms with Crippen molar-refractivity contribution in [3.05, 3.63) is 39.8 Å². The van der Waals surface area contributed by atoms with Gasteiger partial charge in [0.05, 0.1) is 17.8 Å². The first-order valence-electron chi connectivity index (χ1n) is 9.94. The SMILES string of the molecule is Cn1c(CNC(C)(C)C)cc2cc3c(cc21)OCCc1c-3[nH]c(=O)c(OC(=O)O)c1O. The molecule has 0 atom stereocenters. The van der Waals surface area contributed by atoms with Gasteiger partial charge in [-0.05, 0) is 32.9 Å². The third-order valence-electron chi connectivity index (χ3n) is 5.36. The number of rotatable bonds is 3. The number of aromatic amines is 1. The lowest BCUT2D eigenvalue weighted by atomic mass is 10.0. The number of aromatic nitrogens is 2. The number of ether oxygens (including phenoxy) is 2. The number of carbonyl (C=O) groups is 1. The van der Waals surface area contributed by atoms with Crippen molar-refractivity contribution in [3.8, 4) is 28.5 Å². The van der Waals surface area contributed by atoms with Crippen molar-refractivity contribution in [1.82, 2.24) is 14.9 Å². The van der Waals surface area contributed by atoms with E-state index >= 15 is 0 Å². The number of carboxylic acid groups (broad SMARTS) is 1. The number of fused-ring (bicyclic) bond motifs is 4. The number of hydrogen-bond acceptors (Lipinski definition) is 6. The zero-order valence-electron chi connectivity index (χ0n) is 17.8. The summed E-state index contributed by atoms with van der Waals surface area (Å²) < 4.78 is 12.5. The van der Waals surface area contributed by atoms with Crippen LogP contribution in [0.2, 0.25) is 0 Å². The van der Waals surface area contributed by atoms with E-state index < -0.39 is 23.2 Å². The maximum absolute atomic E-state index is 12.4. The van der Waals surface area contributed by atoms with Gasteiger partial charge in [-0.1, -0.05) is 0 Å². The van der Waals surface area contributed by atoms with Gasteiger partial charge in [0.1, 0.15) is 5.75 Å². The standard InChI is InChI=1S/C22H25N3O6/c1-22(2,3)23-10-12-7-11-8-14-16(9-15(11)25(12)4)30-6-5-13-17(14)24-20(27)19(18(13)26)31-21(28)29/h7-9,23H,5-6,10H2,1-4H3,(H,28,29)(H2,24,26,27). The van der Waals surface area contributed by atoms with E-state index in [1.54, 1.807) is 0 Å². The number of benzene rings is 1. The highest BCUT2D eigenvalue weighted by Crippen LogP contribution is 2.41. The molecule has 9 nitrogen and oxygen atoms in total. The molecule has 3 heterocycles. The van der Waals surface area contributed by atoms with Crippen LogP contribution in [0.4, 0.5) is 4.79 Å². The van der Waals surface area contributed by atoms with Crippen LogP contribution in [0.1, 0.15) is 32.0 Å². The molecule has 1 aliphatic rings. The Morgan fingerprint density at radius 3 is 2.74 bits per heavy atom. The van der Waals surface area contributed by atoms with Gasteiger partial charge in [-0.25, -0.2) is 4.79 Å². The second kappa shape index (κ2) is 7.35. The Bertz CT molecular complexity index is 1250. The predicted octanol–water partition coefficient (Wildman–Crippen LogP) is 3.12. The average Bonchev–Trinajstić information content (AvgIpc) is 2.87. The van der Waals surface area contributed by atoms with Crippen molar-refractivity contribution in [2.24, 2.45) is 7.05 Å². The first-order valence-corrected chi connectivity index (χ1v) is 9.94. The fourth-order valence-corrected chi connectivity index (χ4v) is 3.79. The van der Waals surface area contributed by atoms with Gasteiger partial charge in [0.2, 0.25) is 5.75 Å². The van der Waals surface area contributed by atoms with Gasteiger partial charge in [0.15, 0.2) is 5.75 Å². The van der Waals surface area contributed by atoms with Gasteiger partial charge in [-0.15, -0.1) is 0 Å². The van der Waals surface area contributed by atoms with Crippen molar-refractivity contribution in [1.29, 1.82) is 0 Å². The Hall–Kier alpha value is -3.46. The quantitative estimate of drug-likeness (QED) is 0.473. The Balaban J connectivity index is 1.86. The van der Waals surface area contributed by atoms with E-state index in [4.69, 9.17) is 9.84 Å². The largest absolute Gasteiger partial charge is 0.511 e. The molecule has 3 aromatic rings. The lowest BCUT2D eigenvalue weighted by Gasteiger charge is -2.20. The highest BCUT2D eigenvalue weighted by Gasteiger charge is 2.26. The Morgan fingerprint density at radius 1 is 1.32 bits per heavy atom. The number of nitrogens with one attached hydrogen (secondary N) is 2. The van der Waals surface area contributed by atoms with Crippen LogP contribution in [0.15, 0.2) is 23.0 Å². The third kappa shape index (κ3) is 3.84. The summed E-state index contributed by atoms with van der Waals surface area (Å²) in [6.45, 7) is 7.25. The highest BCUT2D eigenvalue weighted by molar-refractivity contribution is 5.90. The lowest BCUT2D eigenvalue weighted by Crippen LogP contribution is -2.35. The van der Waals surface area contributed by atoms with E-state index in [0.29, 0.717) is 29.1 Å². The minimum Gasteiger partial charge on any atom is -0.504 e. The van der Waals surface area contributed by atoms with Gasteiger partial charge in [-0.2, -0.15) is 0 Å². The van der Waals surface area contributed by atoms with E-state index in [0.717, 1.165) is 16.6 Å². The number of aromatic hydroxyl groups is 1. The summed E-state index contributed by atoms with van der Waals surface area (Å²) in [7, 11) is 1.99. The molecule has 1 aliphatic heterocycles. The lowest BCUT2D eigenvalue weighted by molar-refractivity contribution is 0.142. The second-order valence-corrected chi connectivity index (χ2v) is 8.66. The van der Waals surface area contributed by atoms with Crippen LogP contribution in [0.3, 0.4) is 0 Å². The molecule has 4 N–H and O–H groups in total. The number of aryl methyl sites for hydroxylation is 1. The molecule has 0 radical (unpaired) electrons. The molecule has 0 saturated heterocycles. The molecule has 4 rings (SSSR count). The van der Waals surface area contributed by atoms with Gasteiger partial charge in [0.25, 0.3) is 5.56 Å². The topological polar surface area (TPSA) is 126 Å². The van der Waals surface area contributed by atoms with Crippen molar-refractivity contribution in [3.63, 3.8) is 0 Å². The van der Waals surface area contributed by atoms with Crippen LogP contribution in [-0.4, -0.2) is 38.1 Å². The molecular weight excluding hydrogens is 402 g/mol. The minimum atomic E-state index is -1.67. The van der Waals surface area contributed by atoms with Crippen LogP contribution in [0.5, 0.6) is 17.2 Å². The summed E-state index contributed by atoms with van der Waals surface area (Å²) in [5, 5.41) is 23.8. The Kier molecular flexibility index (Phi) is 4.93. The first-order chi connectivity index (χ1) is 14.5. The molecule has 164 valence electrons. The fourth-order valence-electron chi connectivity index (χ4n) is 3.79. The maximum atomic E-state index is 12.4. The van der Waals surface area contributed by atoms with Crippen LogP contribution in [-0.2, 0) is 20.0 Å². The normalized spacial score (nSPS) is 13.3. The van der Waals surface area contributed by atoms with Crippen molar-refractivity contribution in [2.75, 3.05) is 6.61 Å². The van der Waals surface area contributed by atoms with Gasteiger partial charge in [0, 0.05) is 53.8 Å².